The third-order valence-corrected chi connectivity index (χ3v) is 6.02. The van der Waals surface area contributed by atoms with Crippen molar-refractivity contribution in [3.63, 3.8) is 0 Å². The molecule has 25 heavy (non-hydrogen) atoms. The van der Waals surface area contributed by atoms with Crippen LogP contribution in [0, 0.1) is 0 Å². The van der Waals surface area contributed by atoms with Crippen LogP contribution in [-0.2, 0) is 9.84 Å². The number of methoxy groups -OCH3 is 1. The van der Waals surface area contributed by atoms with E-state index in [9.17, 15) is 8.42 Å². The van der Waals surface area contributed by atoms with Crippen LogP contribution in [0.25, 0.3) is 11.1 Å². The Morgan fingerprint density at radius 2 is 1.48 bits per heavy atom. The van der Waals surface area contributed by atoms with Gasteiger partial charge in [0.05, 0.1) is 17.0 Å². The smallest absolute Gasteiger partial charge is 0.175 e. The van der Waals surface area contributed by atoms with Crippen molar-refractivity contribution in [2.24, 2.45) is 0 Å². The van der Waals surface area contributed by atoms with E-state index in [1.165, 1.54) is 17.4 Å². The Bertz CT molecular complexity index is 912. The summed E-state index contributed by atoms with van der Waals surface area (Å²) >= 11 is 6.30. The summed E-state index contributed by atoms with van der Waals surface area (Å²) < 4.78 is 28.6. The maximum Gasteiger partial charge on any atom is 0.175 e. The molecule has 0 radical (unpaired) electrons. The summed E-state index contributed by atoms with van der Waals surface area (Å²) in [6.07, 6.45) is 5.48. The normalized spacial score (nSPS) is 15.3. The molecule has 0 amide bonds. The average Bonchev–Trinajstić information content (AvgIpc) is 2.61. The van der Waals surface area contributed by atoms with Crippen molar-refractivity contribution in [3.8, 4) is 5.75 Å². The first-order valence-electron chi connectivity index (χ1n) is 8.26. The van der Waals surface area contributed by atoms with Crippen molar-refractivity contribution in [2.75, 3.05) is 13.4 Å². The van der Waals surface area contributed by atoms with Gasteiger partial charge in [0.25, 0.3) is 0 Å². The Labute approximate surface area is 154 Å². The fourth-order valence-corrected chi connectivity index (χ4v) is 4.19. The van der Waals surface area contributed by atoms with Gasteiger partial charge in [-0.15, -0.1) is 0 Å². The van der Waals surface area contributed by atoms with Gasteiger partial charge in [0.1, 0.15) is 5.75 Å². The average molecular weight is 377 g/mol. The van der Waals surface area contributed by atoms with Crippen molar-refractivity contribution < 1.29 is 13.2 Å². The molecule has 0 aromatic heterocycles. The minimum absolute atomic E-state index is 0.349. The summed E-state index contributed by atoms with van der Waals surface area (Å²) in [7, 11) is -1.57. The fourth-order valence-electron chi connectivity index (χ4n) is 3.30. The maximum atomic E-state index is 11.7. The molecule has 0 heterocycles. The molecule has 1 aliphatic rings. The molecule has 2 aromatic rings. The summed E-state index contributed by atoms with van der Waals surface area (Å²) in [5.74, 6) is 0.667. The molecule has 5 heteroatoms. The first-order chi connectivity index (χ1) is 11.9. The number of rotatable bonds is 4. The summed E-state index contributed by atoms with van der Waals surface area (Å²) in [5, 5.41) is 0.602. The second-order valence-corrected chi connectivity index (χ2v) is 8.73. The van der Waals surface area contributed by atoms with Crippen LogP contribution in [0.15, 0.2) is 47.4 Å². The lowest BCUT2D eigenvalue weighted by Gasteiger charge is -2.22. The third kappa shape index (κ3) is 3.91. The number of hydrogen-bond acceptors (Lipinski definition) is 3. The first kappa shape index (κ1) is 18.0. The zero-order chi connectivity index (χ0) is 18.0. The number of ether oxygens (including phenoxy) is 1. The summed E-state index contributed by atoms with van der Waals surface area (Å²) in [6.45, 7) is 0. The highest BCUT2D eigenvalue weighted by molar-refractivity contribution is 7.90. The van der Waals surface area contributed by atoms with Crippen LogP contribution in [0.1, 0.15) is 36.8 Å². The van der Waals surface area contributed by atoms with E-state index in [0.29, 0.717) is 15.7 Å². The molecule has 0 aliphatic heterocycles. The van der Waals surface area contributed by atoms with Gasteiger partial charge in [-0.2, -0.15) is 0 Å². The molecule has 0 fully saturated rings. The Morgan fingerprint density at radius 3 is 2.00 bits per heavy atom. The molecule has 3 rings (SSSR count). The van der Waals surface area contributed by atoms with Gasteiger partial charge in [0.2, 0.25) is 0 Å². The third-order valence-electron chi connectivity index (χ3n) is 4.60. The quantitative estimate of drug-likeness (QED) is 0.733. The lowest BCUT2D eigenvalue weighted by molar-refractivity contribution is 0.415. The molecule has 0 spiro atoms. The predicted octanol–water partition coefficient (Wildman–Crippen LogP) is 5.24. The molecule has 0 bridgehead atoms. The molecular weight excluding hydrogens is 356 g/mol. The summed E-state index contributed by atoms with van der Waals surface area (Å²) in [6, 6.07) is 13.1. The van der Waals surface area contributed by atoms with E-state index in [1.54, 1.807) is 19.2 Å². The van der Waals surface area contributed by atoms with E-state index in [4.69, 9.17) is 16.3 Å². The predicted molar refractivity (Wildman–Crippen MR) is 103 cm³/mol. The summed E-state index contributed by atoms with van der Waals surface area (Å²) in [4.78, 5) is 0.349. The molecule has 2 aromatic carbocycles. The van der Waals surface area contributed by atoms with E-state index < -0.39 is 9.84 Å². The van der Waals surface area contributed by atoms with Crippen LogP contribution in [0.4, 0.5) is 0 Å². The Kier molecular flexibility index (Phi) is 5.21. The van der Waals surface area contributed by atoms with Crippen LogP contribution in [0.3, 0.4) is 0 Å². The van der Waals surface area contributed by atoms with Crippen molar-refractivity contribution in [2.45, 2.75) is 30.6 Å². The van der Waals surface area contributed by atoms with Crippen LogP contribution >= 0.6 is 11.6 Å². The van der Waals surface area contributed by atoms with Gasteiger partial charge in [-0.3, -0.25) is 0 Å². The second kappa shape index (κ2) is 7.22. The van der Waals surface area contributed by atoms with Crippen molar-refractivity contribution in [3.05, 3.63) is 58.6 Å². The molecule has 0 N–H and O–H groups in total. The van der Waals surface area contributed by atoms with Gasteiger partial charge in [0.15, 0.2) is 9.84 Å². The van der Waals surface area contributed by atoms with Gasteiger partial charge in [-0.1, -0.05) is 29.8 Å². The first-order valence-corrected chi connectivity index (χ1v) is 10.5. The Morgan fingerprint density at radius 1 is 0.920 bits per heavy atom. The second-order valence-electron chi connectivity index (χ2n) is 6.31. The van der Waals surface area contributed by atoms with Gasteiger partial charge in [0, 0.05) is 6.26 Å². The van der Waals surface area contributed by atoms with Crippen molar-refractivity contribution in [1.29, 1.82) is 0 Å². The molecule has 132 valence electrons. The number of benzene rings is 2. The Hall–Kier alpha value is -1.78. The monoisotopic (exact) mass is 376 g/mol. The van der Waals surface area contributed by atoms with Gasteiger partial charge >= 0.3 is 0 Å². The lowest BCUT2D eigenvalue weighted by atomic mass is 9.84. The van der Waals surface area contributed by atoms with Crippen LogP contribution in [-0.4, -0.2) is 21.8 Å². The number of hydrogen-bond donors (Lipinski definition) is 0. The SMILES string of the molecule is COc1ccc(C2=C(c3ccc(S(C)(=O)=O)cc3)CCCC2)cc1Cl. The van der Waals surface area contributed by atoms with Crippen LogP contribution in [0.2, 0.25) is 5.02 Å². The van der Waals surface area contributed by atoms with Crippen LogP contribution < -0.4 is 4.74 Å². The highest BCUT2D eigenvalue weighted by Crippen LogP contribution is 2.40. The van der Waals surface area contributed by atoms with Crippen molar-refractivity contribution in [1.82, 2.24) is 0 Å². The van der Waals surface area contributed by atoms with Crippen LogP contribution in [0.5, 0.6) is 5.75 Å². The van der Waals surface area contributed by atoms with E-state index in [0.717, 1.165) is 36.8 Å². The van der Waals surface area contributed by atoms with E-state index in [1.807, 2.05) is 30.3 Å². The van der Waals surface area contributed by atoms with E-state index >= 15 is 0 Å². The highest BCUT2D eigenvalue weighted by Gasteiger charge is 2.17. The number of sulfone groups is 1. The minimum atomic E-state index is -3.18. The van der Waals surface area contributed by atoms with E-state index in [2.05, 4.69) is 0 Å². The molecule has 1 aliphatic carbocycles. The molecule has 0 saturated heterocycles. The standard InChI is InChI=1S/C20H21ClO3S/c1-24-20-12-9-15(13-19(20)21)18-6-4-3-5-17(18)14-7-10-16(11-8-14)25(2,22)23/h7-13H,3-6H2,1-2H3. The molecule has 0 unspecified atom stereocenters. The highest BCUT2D eigenvalue weighted by atomic mass is 35.5. The topological polar surface area (TPSA) is 43.4 Å². The summed E-state index contributed by atoms with van der Waals surface area (Å²) in [5.41, 5.74) is 4.73. The zero-order valence-electron chi connectivity index (χ0n) is 14.4. The minimum Gasteiger partial charge on any atom is -0.495 e. The zero-order valence-corrected chi connectivity index (χ0v) is 16.0. The Balaban J connectivity index is 2.06. The molecule has 3 nitrogen and oxygen atoms in total. The van der Waals surface area contributed by atoms with Crippen molar-refractivity contribution >= 4 is 32.6 Å². The molecule has 0 saturated carbocycles. The number of halogens is 1. The van der Waals surface area contributed by atoms with E-state index in [-0.39, 0.29) is 0 Å². The largest absolute Gasteiger partial charge is 0.495 e. The van der Waals surface area contributed by atoms with Gasteiger partial charge in [-0.05, 0) is 72.2 Å². The van der Waals surface area contributed by atoms with Gasteiger partial charge in [-0.25, -0.2) is 8.42 Å². The maximum absolute atomic E-state index is 11.7. The molecular formula is C20H21ClO3S. The molecule has 0 atom stereocenters. The number of allylic oxidation sites excluding steroid dienone is 2. The van der Waals surface area contributed by atoms with Gasteiger partial charge < -0.3 is 4.74 Å². The fraction of sp³-hybridized carbons (Fsp3) is 0.300. The lowest BCUT2D eigenvalue weighted by Crippen LogP contribution is -2.01.